The molecule has 2 N–H and O–H groups in total. The highest BCUT2D eigenvalue weighted by Crippen LogP contribution is 2.29. The number of nitrogens with zero attached hydrogens (tertiary/aromatic N) is 3. The Kier molecular flexibility index (Phi) is 5.10. The number of hydrogen-bond donors (Lipinski definition) is 2. The van der Waals surface area contributed by atoms with Crippen LogP contribution in [0.3, 0.4) is 0 Å². The fourth-order valence-corrected chi connectivity index (χ4v) is 3.07. The Hall–Kier alpha value is -2.41. The van der Waals surface area contributed by atoms with Gasteiger partial charge in [-0.1, -0.05) is 29.4 Å². The summed E-state index contributed by atoms with van der Waals surface area (Å²) in [6, 6.07) is 7.53. The minimum atomic E-state index is -0.284. The number of carbonyl (C=O) groups excluding carboxylic acids is 1. The molecule has 7 heteroatoms. The lowest BCUT2D eigenvalue weighted by Crippen LogP contribution is -2.47. The fraction of sp³-hybridized carbons (Fsp3) is 0.471. The number of benzene rings is 1. The van der Waals surface area contributed by atoms with Crippen LogP contribution in [-0.4, -0.2) is 45.9 Å². The molecule has 1 aliphatic rings. The molecule has 3 rings (SSSR count). The maximum atomic E-state index is 12.4. The minimum Gasteiger partial charge on any atom is -0.394 e. The monoisotopic (exact) mass is 330 g/mol. The Bertz CT molecular complexity index is 701. The molecule has 1 aromatic carbocycles. The fourth-order valence-electron chi connectivity index (χ4n) is 3.07. The van der Waals surface area contributed by atoms with Crippen LogP contribution < -0.4 is 5.32 Å². The number of nitrogens with one attached hydrogen (secondary N) is 1. The van der Waals surface area contributed by atoms with E-state index < -0.39 is 0 Å². The second-order valence-electron chi connectivity index (χ2n) is 5.91. The summed E-state index contributed by atoms with van der Waals surface area (Å²) in [6.07, 6.45) is 2.16. The second-order valence-corrected chi connectivity index (χ2v) is 5.91. The summed E-state index contributed by atoms with van der Waals surface area (Å²) >= 11 is 0. The van der Waals surface area contributed by atoms with Crippen molar-refractivity contribution in [3.63, 3.8) is 0 Å². The number of aryl methyl sites for hydroxylation is 2. The van der Waals surface area contributed by atoms with Crippen LogP contribution in [0.1, 0.15) is 35.3 Å². The summed E-state index contributed by atoms with van der Waals surface area (Å²) in [5.41, 5.74) is 2.23. The molecule has 0 aliphatic carbocycles. The van der Waals surface area contributed by atoms with Gasteiger partial charge >= 0.3 is 6.03 Å². The molecule has 24 heavy (non-hydrogen) atoms. The Morgan fingerprint density at radius 1 is 1.46 bits per heavy atom. The molecular formula is C17H22N4O3. The van der Waals surface area contributed by atoms with Gasteiger partial charge in [-0.05, 0) is 30.9 Å². The van der Waals surface area contributed by atoms with Crippen LogP contribution in [0, 0.1) is 6.92 Å². The van der Waals surface area contributed by atoms with E-state index in [1.54, 1.807) is 11.8 Å². The molecule has 0 radical (unpaired) electrons. The van der Waals surface area contributed by atoms with E-state index in [4.69, 9.17) is 4.52 Å². The summed E-state index contributed by atoms with van der Waals surface area (Å²) in [7, 11) is 0. The van der Waals surface area contributed by atoms with Gasteiger partial charge in [0.25, 0.3) is 0 Å². The van der Waals surface area contributed by atoms with Crippen LogP contribution >= 0.6 is 0 Å². The Labute approximate surface area is 140 Å². The SMILES string of the molecule is Cc1noc(CCCNC(=O)N2CCc3ccccc3[C@H]2CO)n1. The van der Waals surface area contributed by atoms with Gasteiger partial charge in [0.05, 0.1) is 12.6 Å². The van der Waals surface area contributed by atoms with Crippen molar-refractivity contribution in [2.24, 2.45) is 0 Å². The predicted molar refractivity (Wildman–Crippen MR) is 87.4 cm³/mol. The normalized spacial score (nSPS) is 16.8. The van der Waals surface area contributed by atoms with Gasteiger partial charge in [0.15, 0.2) is 5.82 Å². The van der Waals surface area contributed by atoms with Crippen molar-refractivity contribution in [1.82, 2.24) is 20.4 Å². The van der Waals surface area contributed by atoms with Crippen molar-refractivity contribution in [1.29, 1.82) is 0 Å². The predicted octanol–water partition coefficient (Wildman–Crippen LogP) is 1.61. The standard InChI is InChI=1S/C17H22N4O3/c1-12-19-16(24-20-12)7-4-9-18-17(23)21-10-8-13-5-2-3-6-14(13)15(21)11-22/h2-3,5-6,15,22H,4,7-11H2,1H3,(H,18,23)/t15-/m1/s1. The average molecular weight is 330 g/mol. The quantitative estimate of drug-likeness (QED) is 0.813. The maximum Gasteiger partial charge on any atom is 0.318 e. The number of amides is 2. The topological polar surface area (TPSA) is 91.5 Å². The van der Waals surface area contributed by atoms with Gasteiger partial charge in [0.1, 0.15) is 0 Å². The molecule has 128 valence electrons. The summed E-state index contributed by atoms with van der Waals surface area (Å²) in [5, 5.41) is 16.4. The van der Waals surface area contributed by atoms with Crippen LogP contribution in [0.5, 0.6) is 0 Å². The molecule has 2 amide bonds. The van der Waals surface area contributed by atoms with Crippen molar-refractivity contribution in [3.05, 3.63) is 47.1 Å². The first-order valence-corrected chi connectivity index (χ1v) is 8.21. The third-order valence-electron chi connectivity index (χ3n) is 4.26. The van der Waals surface area contributed by atoms with Gasteiger partial charge in [0.2, 0.25) is 5.89 Å². The van der Waals surface area contributed by atoms with Crippen LogP contribution in [0.4, 0.5) is 4.79 Å². The zero-order valence-corrected chi connectivity index (χ0v) is 13.7. The zero-order valence-electron chi connectivity index (χ0n) is 13.7. The van der Waals surface area contributed by atoms with Gasteiger partial charge < -0.3 is 19.8 Å². The molecule has 2 heterocycles. The molecule has 7 nitrogen and oxygen atoms in total. The van der Waals surface area contributed by atoms with Gasteiger partial charge in [0, 0.05) is 19.5 Å². The highest BCUT2D eigenvalue weighted by Gasteiger charge is 2.29. The molecule has 1 aromatic heterocycles. The molecule has 0 spiro atoms. The summed E-state index contributed by atoms with van der Waals surface area (Å²) in [4.78, 5) is 18.3. The van der Waals surface area contributed by atoms with Gasteiger partial charge in [-0.3, -0.25) is 0 Å². The average Bonchev–Trinajstić information content (AvgIpc) is 3.02. The number of fused-ring (bicyclic) bond motifs is 1. The first-order valence-electron chi connectivity index (χ1n) is 8.21. The van der Waals surface area contributed by atoms with Gasteiger partial charge in [-0.25, -0.2) is 4.79 Å². The third-order valence-corrected chi connectivity index (χ3v) is 4.26. The van der Waals surface area contributed by atoms with E-state index in [2.05, 4.69) is 21.5 Å². The minimum absolute atomic E-state index is 0.0777. The van der Waals surface area contributed by atoms with E-state index in [0.717, 1.165) is 18.4 Å². The lowest BCUT2D eigenvalue weighted by molar-refractivity contribution is 0.127. The molecular weight excluding hydrogens is 308 g/mol. The first-order chi connectivity index (χ1) is 11.7. The van der Waals surface area contributed by atoms with Crippen molar-refractivity contribution >= 4 is 6.03 Å². The van der Waals surface area contributed by atoms with Crippen molar-refractivity contribution in [3.8, 4) is 0 Å². The van der Waals surface area contributed by atoms with Crippen molar-refractivity contribution in [2.75, 3.05) is 19.7 Å². The van der Waals surface area contributed by atoms with Gasteiger partial charge in [-0.2, -0.15) is 4.98 Å². The molecule has 0 fully saturated rings. The molecule has 0 saturated carbocycles. The number of rotatable bonds is 5. The molecule has 2 aromatic rings. The third kappa shape index (κ3) is 3.56. The van der Waals surface area contributed by atoms with Crippen LogP contribution in [0.25, 0.3) is 0 Å². The van der Waals surface area contributed by atoms with E-state index >= 15 is 0 Å². The Morgan fingerprint density at radius 3 is 3.04 bits per heavy atom. The van der Waals surface area contributed by atoms with E-state index in [1.807, 2.05) is 18.2 Å². The number of aliphatic hydroxyl groups is 1. The number of hydrogen-bond acceptors (Lipinski definition) is 5. The second kappa shape index (κ2) is 7.44. The maximum absolute atomic E-state index is 12.4. The number of urea groups is 1. The van der Waals surface area contributed by atoms with E-state index in [-0.39, 0.29) is 18.7 Å². The molecule has 1 aliphatic heterocycles. The van der Waals surface area contributed by atoms with E-state index in [9.17, 15) is 9.90 Å². The van der Waals surface area contributed by atoms with Crippen molar-refractivity contribution in [2.45, 2.75) is 32.2 Å². The zero-order chi connectivity index (χ0) is 16.9. The summed E-state index contributed by atoms with van der Waals surface area (Å²) < 4.78 is 5.04. The Balaban J connectivity index is 1.53. The number of aliphatic hydroxyl groups excluding tert-OH is 1. The largest absolute Gasteiger partial charge is 0.394 e. The first kappa shape index (κ1) is 16.4. The highest BCUT2D eigenvalue weighted by atomic mass is 16.5. The summed E-state index contributed by atoms with van der Waals surface area (Å²) in [5.74, 6) is 1.20. The molecule has 0 unspecified atom stereocenters. The van der Waals surface area contributed by atoms with Crippen LogP contribution in [0.2, 0.25) is 0 Å². The molecule has 1 atom stereocenters. The smallest absolute Gasteiger partial charge is 0.318 e. The van der Waals surface area contributed by atoms with E-state index in [0.29, 0.717) is 31.2 Å². The Morgan fingerprint density at radius 2 is 2.29 bits per heavy atom. The number of carbonyl (C=O) groups is 1. The van der Waals surface area contributed by atoms with Gasteiger partial charge in [-0.15, -0.1) is 0 Å². The number of aromatic nitrogens is 2. The van der Waals surface area contributed by atoms with Crippen LogP contribution in [-0.2, 0) is 12.8 Å². The van der Waals surface area contributed by atoms with Crippen LogP contribution in [0.15, 0.2) is 28.8 Å². The lowest BCUT2D eigenvalue weighted by atomic mass is 9.93. The highest BCUT2D eigenvalue weighted by molar-refractivity contribution is 5.75. The lowest BCUT2D eigenvalue weighted by Gasteiger charge is -2.36. The molecule has 0 bridgehead atoms. The summed E-state index contributed by atoms with van der Waals surface area (Å²) in [6.45, 7) is 2.83. The molecule has 0 saturated heterocycles. The van der Waals surface area contributed by atoms with Crippen molar-refractivity contribution < 1.29 is 14.4 Å². The van der Waals surface area contributed by atoms with E-state index in [1.165, 1.54) is 5.56 Å².